The summed E-state index contributed by atoms with van der Waals surface area (Å²) in [5.41, 5.74) is 12.3. The van der Waals surface area contributed by atoms with Crippen LogP contribution in [0.2, 0.25) is 0 Å². The molecule has 0 heterocycles. The Hall–Kier alpha value is -3.90. The minimum atomic E-state index is 0.502. The summed E-state index contributed by atoms with van der Waals surface area (Å²) >= 11 is 0. The quantitative estimate of drug-likeness (QED) is 0.124. The maximum Gasteiger partial charge on any atom is 0.0125 e. The molecule has 408 valence electrons. The molecule has 2 unspecified atom stereocenters. The topological polar surface area (TPSA) is 0 Å². The van der Waals surface area contributed by atoms with Crippen LogP contribution >= 0.6 is 0 Å². The smallest absolute Gasteiger partial charge is 0.0125 e. The van der Waals surface area contributed by atoms with Gasteiger partial charge in [-0.25, -0.2) is 0 Å². The van der Waals surface area contributed by atoms with Gasteiger partial charge in [0.25, 0.3) is 0 Å². The average Bonchev–Trinajstić information content (AvgIpc) is 3.60. The van der Waals surface area contributed by atoms with Gasteiger partial charge in [-0.1, -0.05) is 281 Å². The lowest BCUT2D eigenvalue weighted by Crippen LogP contribution is -2.37. The summed E-state index contributed by atoms with van der Waals surface area (Å²) in [5, 5.41) is 0. The Bertz CT molecular complexity index is 2230. The molecule has 0 aliphatic heterocycles. The van der Waals surface area contributed by atoms with Crippen molar-refractivity contribution in [2.75, 3.05) is 0 Å². The molecule has 0 spiro atoms. The van der Waals surface area contributed by atoms with Crippen LogP contribution < -0.4 is 0 Å². The zero-order valence-corrected chi connectivity index (χ0v) is 50.0. The zero-order chi connectivity index (χ0) is 53.5. The molecule has 5 aromatic rings. The van der Waals surface area contributed by atoms with Crippen molar-refractivity contribution in [1.82, 2.24) is 0 Å². The van der Waals surface area contributed by atoms with Gasteiger partial charge in [0.15, 0.2) is 0 Å². The van der Waals surface area contributed by atoms with Gasteiger partial charge < -0.3 is 0 Å². The summed E-state index contributed by atoms with van der Waals surface area (Å²) in [6.45, 7) is 28.1. The van der Waals surface area contributed by atoms with Crippen LogP contribution in [0.5, 0.6) is 0 Å². The summed E-state index contributed by atoms with van der Waals surface area (Å²) in [6, 6.07) is 48.2. The summed E-state index contributed by atoms with van der Waals surface area (Å²) in [4.78, 5) is 0. The van der Waals surface area contributed by atoms with E-state index in [0.29, 0.717) is 29.6 Å². The van der Waals surface area contributed by atoms with Crippen LogP contribution in [0.4, 0.5) is 0 Å². The molecule has 0 amide bonds. The highest BCUT2D eigenvalue weighted by atomic mass is 14.5. The maximum absolute atomic E-state index is 2.48. The van der Waals surface area contributed by atoms with Crippen LogP contribution in [0.25, 0.3) is 11.1 Å². The van der Waals surface area contributed by atoms with Gasteiger partial charge in [-0.15, -0.1) is 0 Å². The van der Waals surface area contributed by atoms with Crippen molar-refractivity contribution in [3.8, 4) is 11.1 Å². The molecule has 75 heavy (non-hydrogen) atoms. The second kappa shape index (κ2) is 28.6. The van der Waals surface area contributed by atoms with Gasteiger partial charge in [-0.3, -0.25) is 0 Å². The molecule has 12 rings (SSSR count). The summed E-state index contributed by atoms with van der Waals surface area (Å²) in [7, 11) is 0. The molecular weight excluding hydrogens is 901 g/mol. The van der Waals surface area contributed by atoms with E-state index in [1.165, 1.54) is 89.5 Å². The van der Waals surface area contributed by atoms with Gasteiger partial charge in [0.1, 0.15) is 0 Å². The van der Waals surface area contributed by atoms with Crippen molar-refractivity contribution in [3.63, 3.8) is 0 Å². The van der Waals surface area contributed by atoms with E-state index in [2.05, 4.69) is 217 Å². The van der Waals surface area contributed by atoms with E-state index in [1.807, 2.05) is 0 Å². The monoisotopic (exact) mass is 1010 g/mol. The van der Waals surface area contributed by atoms with E-state index in [-0.39, 0.29) is 0 Å². The Morgan fingerprint density at radius 1 is 0.427 bits per heavy atom. The molecular formula is C75H108. The van der Waals surface area contributed by atoms with Crippen LogP contribution in [0.3, 0.4) is 0 Å². The lowest BCUT2D eigenvalue weighted by Gasteiger charge is -2.47. The number of hydrogen-bond donors (Lipinski definition) is 0. The van der Waals surface area contributed by atoms with Crippen molar-refractivity contribution in [2.24, 2.45) is 70.5 Å². The molecule has 0 aromatic heterocycles. The fraction of sp³-hybridized carbons (Fsp3) is 0.600. The minimum absolute atomic E-state index is 0.502. The Morgan fingerprint density at radius 3 is 1.27 bits per heavy atom. The van der Waals surface area contributed by atoms with Crippen molar-refractivity contribution in [2.45, 2.75) is 216 Å². The van der Waals surface area contributed by atoms with Gasteiger partial charge >= 0.3 is 0 Å². The second-order valence-corrected chi connectivity index (χ2v) is 27.3. The molecule has 6 saturated carbocycles. The van der Waals surface area contributed by atoms with E-state index >= 15 is 0 Å². The van der Waals surface area contributed by atoms with Crippen molar-refractivity contribution in [1.29, 1.82) is 0 Å². The Morgan fingerprint density at radius 2 is 0.867 bits per heavy atom. The van der Waals surface area contributed by atoms with Gasteiger partial charge in [0.05, 0.1) is 0 Å². The molecule has 4 bridgehead atoms. The van der Waals surface area contributed by atoms with Crippen molar-refractivity contribution in [3.05, 3.63) is 167 Å². The van der Waals surface area contributed by atoms with Gasteiger partial charge in [-0.2, -0.15) is 0 Å². The van der Waals surface area contributed by atoms with E-state index in [1.54, 1.807) is 70.6 Å². The fourth-order valence-electron chi connectivity index (χ4n) is 16.2. The standard InChI is InChI=1S/C16H16.C16H30.C16H18.C14H24.C13H20/c1-11(2)16-14-9-5-3-7-12(14)13-8-4-6-10-15(13)16;2*1-13(2)16(14-9-5-3-6-10-14)15-11-7-4-8-12-15;1-10(2)14-4-3-11-5-12(8-14)7-13(6-11)9-14;1-10(2)9-12-5-7-13(8-6-12)11(3)4/h3-11,16H,1-2H3;13-16H,3-12H2,1-2H3;3-13,16H,1-2H3;10-13H,3-9H2,1-2H3;5-8,10-11H,9H2,1-4H3. The Balaban J connectivity index is 0.000000137. The molecule has 7 aliphatic rings. The minimum Gasteiger partial charge on any atom is -0.0625 e. The molecule has 6 fully saturated rings. The fourth-order valence-corrected chi connectivity index (χ4v) is 16.2. The first-order valence-electron chi connectivity index (χ1n) is 31.5. The highest BCUT2D eigenvalue weighted by Crippen LogP contribution is 2.60. The first-order valence-corrected chi connectivity index (χ1v) is 31.5. The number of hydrogen-bond acceptors (Lipinski definition) is 0. The first kappa shape index (κ1) is 58.8. The zero-order valence-electron chi connectivity index (χ0n) is 50.0. The van der Waals surface area contributed by atoms with Crippen molar-refractivity contribution >= 4 is 0 Å². The van der Waals surface area contributed by atoms with E-state index in [0.717, 1.165) is 58.7 Å². The van der Waals surface area contributed by atoms with Gasteiger partial charge in [0, 0.05) is 11.8 Å². The van der Waals surface area contributed by atoms with Crippen LogP contribution in [-0.2, 0) is 6.42 Å². The van der Waals surface area contributed by atoms with Crippen molar-refractivity contribution < 1.29 is 0 Å². The lowest BCUT2D eigenvalue weighted by atomic mass is 9.58. The molecule has 2 atom stereocenters. The predicted octanol–water partition coefficient (Wildman–Crippen LogP) is 22.6. The second-order valence-electron chi connectivity index (χ2n) is 27.3. The molecule has 0 nitrogen and oxygen atoms in total. The highest BCUT2D eigenvalue weighted by Gasteiger charge is 2.48. The predicted molar refractivity (Wildman–Crippen MR) is 329 cm³/mol. The lowest BCUT2D eigenvalue weighted by molar-refractivity contribution is 0.0308. The third-order valence-corrected chi connectivity index (χ3v) is 19.6. The summed E-state index contributed by atoms with van der Waals surface area (Å²) in [5.74, 6) is 12.2. The average molecular weight is 1010 g/mol. The number of benzene rings is 5. The molecule has 0 heteroatoms. The summed E-state index contributed by atoms with van der Waals surface area (Å²) < 4.78 is 0. The van der Waals surface area contributed by atoms with E-state index in [9.17, 15) is 0 Å². The molecule has 0 saturated heterocycles. The molecule has 7 aliphatic carbocycles. The van der Waals surface area contributed by atoms with Crippen LogP contribution in [0.1, 0.15) is 243 Å². The third kappa shape index (κ3) is 16.1. The van der Waals surface area contributed by atoms with Crippen LogP contribution in [-0.4, -0.2) is 0 Å². The summed E-state index contributed by atoms with van der Waals surface area (Å²) in [6.07, 6.45) is 27.5. The number of fused-ring (bicyclic) bond motifs is 4. The Labute approximate surface area is 462 Å². The highest BCUT2D eigenvalue weighted by molar-refractivity contribution is 5.78. The third-order valence-electron chi connectivity index (χ3n) is 19.6. The van der Waals surface area contributed by atoms with Gasteiger partial charge in [0.2, 0.25) is 0 Å². The number of rotatable bonds is 11. The van der Waals surface area contributed by atoms with Gasteiger partial charge in [-0.05, 0) is 172 Å². The largest absolute Gasteiger partial charge is 0.0625 e. The molecule has 5 aromatic carbocycles. The van der Waals surface area contributed by atoms with E-state index in [4.69, 9.17) is 0 Å². The SMILES string of the molecule is CC(C)C(C1CCCCC1)C1CCCCC1.CC(C)C(c1ccccc1)c1ccccc1.CC(C)C12CCC3CC(CC(C3)C1)C2.CC(C)C1c2ccccc2-c2ccccc21.CC(C)Cc1ccc(C(C)C)cc1. The van der Waals surface area contributed by atoms with E-state index < -0.39 is 0 Å². The molecule has 0 N–H and O–H groups in total. The Kier molecular flexibility index (Phi) is 22.4. The molecule has 0 radical (unpaired) electrons. The van der Waals surface area contributed by atoms with Crippen LogP contribution in [0.15, 0.2) is 133 Å². The first-order chi connectivity index (χ1) is 36.1. The van der Waals surface area contributed by atoms with Crippen LogP contribution in [0, 0.1) is 70.5 Å². The normalized spacial score (nSPS) is 22.3. The maximum atomic E-state index is 2.48.